The number of rotatable bonds is 8. The fraction of sp³-hybridized carbons (Fsp3) is 0.160. The lowest BCUT2D eigenvalue weighted by Gasteiger charge is -2.14. The van der Waals surface area contributed by atoms with E-state index in [0.29, 0.717) is 45.0 Å². The minimum atomic E-state index is -4.48. The lowest BCUT2D eigenvalue weighted by atomic mass is 10.1. The van der Waals surface area contributed by atoms with Crippen LogP contribution < -0.4 is 4.74 Å². The van der Waals surface area contributed by atoms with Gasteiger partial charge in [-0.15, -0.1) is 11.3 Å². The van der Waals surface area contributed by atoms with E-state index >= 15 is 0 Å². The minimum Gasteiger partial charge on any atom is -0.494 e. The monoisotopic (exact) mass is 583 g/mol. The van der Waals surface area contributed by atoms with E-state index < -0.39 is 17.7 Å². The maximum absolute atomic E-state index is 13.1. The van der Waals surface area contributed by atoms with Crippen LogP contribution in [0.4, 0.5) is 13.2 Å². The van der Waals surface area contributed by atoms with Gasteiger partial charge >= 0.3 is 12.1 Å². The Balaban J connectivity index is 1.38. The van der Waals surface area contributed by atoms with Gasteiger partial charge in [-0.3, -0.25) is 9.69 Å². The number of carboxylic acids is 1. The molecule has 2 heterocycles. The Bertz CT molecular complexity index is 1390. The van der Waals surface area contributed by atoms with E-state index in [9.17, 15) is 22.8 Å². The lowest BCUT2D eigenvalue weighted by Crippen LogP contribution is -2.29. The molecule has 0 aliphatic carbocycles. The lowest BCUT2D eigenvalue weighted by molar-refractivity contribution is -0.137. The van der Waals surface area contributed by atoms with Crippen molar-refractivity contribution in [2.75, 3.05) is 13.2 Å². The number of thioether (sulfide) groups is 1. The highest BCUT2D eigenvalue weighted by atomic mass is 35.5. The normalized spacial score (nSPS) is 15.0. The van der Waals surface area contributed by atoms with Crippen molar-refractivity contribution in [1.82, 2.24) is 4.90 Å². The van der Waals surface area contributed by atoms with Crippen molar-refractivity contribution >= 4 is 69.2 Å². The maximum atomic E-state index is 13.1. The number of hydrogen-bond donors (Lipinski definition) is 1. The van der Waals surface area contributed by atoms with Crippen molar-refractivity contribution < 1.29 is 32.6 Å². The second kappa shape index (κ2) is 11.3. The van der Waals surface area contributed by atoms with Crippen LogP contribution in [0.1, 0.15) is 27.2 Å². The van der Waals surface area contributed by atoms with Gasteiger partial charge in [0.05, 0.1) is 22.6 Å². The molecule has 0 spiro atoms. The van der Waals surface area contributed by atoms with E-state index in [2.05, 4.69) is 0 Å². The third-order valence-corrected chi connectivity index (χ3v) is 7.85. The van der Waals surface area contributed by atoms with Crippen LogP contribution in [-0.4, -0.2) is 39.4 Å². The summed E-state index contributed by atoms with van der Waals surface area (Å²) in [4.78, 5) is 26.4. The maximum Gasteiger partial charge on any atom is 0.416 e. The van der Waals surface area contributed by atoms with Crippen molar-refractivity contribution in [3.63, 3.8) is 0 Å². The van der Waals surface area contributed by atoms with Gasteiger partial charge in [-0.05, 0) is 72.0 Å². The zero-order chi connectivity index (χ0) is 26.7. The third kappa shape index (κ3) is 6.53. The smallest absolute Gasteiger partial charge is 0.416 e. The van der Waals surface area contributed by atoms with Gasteiger partial charge in [0.2, 0.25) is 0 Å². The first kappa shape index (κ1) is 27.2. The predicted octanol–water partition coefficient (Wildman–Crippen LogP) is 7.46. The van der Waals surface area contributed by atoms with E-state index in [0.717, 1.165) is 23.9 Å². The average molecular weight is 584 g/mol. The number of benzene rings is 2. The van der Waals surface area contributed by atoms with Gasteiger partial charge in [0.15, 0.2) is 0 Å². The molecular formula is C25H17ClF3NO4S3. The van der Waals surface area contributed by atoms with Crippen molar-refractivity contribution in [3.8, 4) is 16.9 Å². The summed E-state index contributed by atoms with van der Waals surface area (Å²) < 4.78 is 45.3. The Labute approximate surface area is 228 Å². The summed E-state index contributed by atoms with van der Waals surface area (Å²) in [5.41, 5.74) is 0.156. The zero-order valence-electron chi connectivity index (χ0n) is 18.8. The van der Waals surface area contributed by atoms with Gasteiger partial charge in [0, 0.05) is 22.0 Å². The molecule has 1 N–H and O–H groups in total. The van der Waals surface area contributed by atoms with Crippen LogP contribution in [0.5, 0.6) is 5.75 Å². The highest BCUT2D eigenvalue weighted by Gasteiger charge is 2.32. The number of ether oxygens (including phenoxy) is 1. The SMILES string of the molecule is O=C(O)c1ccc(OCCCN2C(=O)C(=Cc3cc(-c4cc(C(F)(F)F)ccc4Cl)cs3)SC2=S)cc1. The Kier molecular flexibility index (Phi) is 8.27. The van der Waals surface area contributed by atoms with Gasteiger partial charge in [0.25, 0.3) is 5.91 Å². The quantitative estimate of drug-likeness (QED) is 0.169. The van der Waals surface area contributed by atoms with E-state index in [1.54, 1.807) is 29.7 Å². The number of alkyl halides is 3. The van der Waals surface area contributed by atoms with Crippen LogP contribution in [0.25, 0.3) is 17.2 Å². The van der Waals surface area contributed by atoms with Crippen LogP contribution in [-0.2, 0) is 11.0 Å². The Morgan fingerprint density at radius 3 is 2.57 bits per heavy atom. The molecule has 0 radical (unpaired) electrons. The number of thiophene rings is 1. The Morgan fingerprint density at radius 1 is 1.16 bits per heavy atom. The number of thiocarbonyl (C=S) groups is 1. The number of nitrogens with zero attached hydrogens (tertiary/aromatic N) is 1. The molecule has 1 fully saturated rings. The second-order valence-corrected chi connectivity index (χ2v) is 10.8. The standard InChI is InChI=1S/C25H17ClF3NO4S3/c26-20-7-4-16(25(27,28)29)11-19(20)15-10-18(36-13-15)12-21-22(31)30(24(35)37-21)8-1-9-34-17-5-2-14(3-6-17)23(32)33/h2-7,10-13H,1,8-9H2,(H,32,33). The van der Waals surface area contributed by atoms with Crippen LogP contribution in [0.3, 0.4) is 0 Å². The Hall–Kier alpha value is -2.86. The molecule has 0 saturated carbocycles. The van der Waals surface area contributed by atoms with Crippen molar-refractivity contribution in [3.05, 3.63) is 79.8 Å². The summed E-state index contributed by atoms with van der Waals surface area (Å²) in [6.45, 7) is 0.638. The fourth-order valence-corrected chi connectivity index (χ4v) is 5.86. The molecule has 1 aromatic heterocycles. The molecule has 0 atom stereocenters. The molecule has 1 amide bonds. The summed E-state index contributed by atoms with van der Waals surface area (Å²) in [5, 5.41) is 10.8. The second-order valence-electron chi connectivity index (χ2n) is 7.80. The molecule has 4 rings (SSSR count). The van der Waals surface area contributed by atoms with Gasteiger partial charge in [0.1, 0.15) is 10.1 Å². The van der Waals surface area contributed by atoms with E-state index in [4.69, 9.17) is 33.7 Å². The molecule has 1 saturated heterocycles. The van der Waals surface area contributed by atoms with Crippen molar-refractivity contribution in [1.29, 1.82) is 0 Å². The summed E-state index contributed by atoms with van der Waals surface area (Å²) in [6.07, 6.45) is -2.32. The summed E-state index contributed by atoms with van der Waals surface area (Å²) in [7, 11) is 0. The largest absolute Gasteiger partial charge is 0.494 e. The highest BCUT2D eigenvalue weighted by molar-refractivity contribution is 8.26. The number of carbonyl (C=O) groups is 2. The minimum absolute atomic E-state index is 0.160. The van der Waals surface area contributed by atoms with E-state index in [-0.39, 0.29) is 22.1 Å². The van der Waals surface area contributed by atoms with Crippen LogP contribution in [0.2, 0.25) is 5.02 Å². The number of carboxylic acid groups (broad SMARTS) is 1. The first-order chi connectivity index (χ1) is 17.5. The zero-order valence-corrected chi connectivity index (χ0v) is 22.0. The van der Waals surface area contributed by atoms with Crippen molar-refractivity contribution in [2.24, 2.45) is 0 Å². The molecule has 1 aliphatic rings. The van der Waals surface area contributed by atoms with Gasteiger partial charge in [-0.1, -0.05) is 35.6 Å². The molecular weight excluding hydrogens is 567 g/mol. The molecule has 2 aromatic carbocycles. The van der Waals surface area contributed by atoms with Crippen LogP contribution in [0.15, 0.2) is 58.8 Å². The van der Waals surface area contributed by atoms with Gasteiger partial charge in [-0.2, -0.15) is 13.2 Å². The molecule has 0 bridgehead atoms. The number of aromatic carboxylic acids is 1. The molecule has 192 valence electrons. The van der Waals surface area contributed by atoms with Crippen molar-refractivity contribution in [2.45, 2.75) is 12.6 Å². The number of hydrogen-bond acceptors (Lipinski definition) is 6. The first-order valence-electron chi connectivity index (χ1n) is 10.7. The summed E-state index contributed by atoms with van der Waals surface area (Å²) >= 11 is 13.9. The van der Waals surface area contributed by atoms with Crippen LogP contribution in [0, 0.1) is 0 Å². The summed E-state index contributed by atoms with van der Waals surface area (Å²) in [5.74, 6) is -0.760. The fourth-order valence-electron chi connectivity index (χ4n) is 3.42. The van der Waals surface area contributed by atoms with Gasteiger partial charge in [-0.25, -0.2) is 4.79 Å². The molecule has 3 aromatic rings. The summed E-state index contributed by atoms with van der Waals surface area (Å²) in [6, 6.07) is 10.9. The van der Waals surface area contributed by atoms with E-state index in [1.165, 1.54) is 34.4 Å². The topological polar surface area (TPSA) is 66.8 Å². The number of halogens is 4. The number of amides is 1. The van der Waals surface area contributed by atoms with Gasteiger partial charge < -0.3 is 9.84 Å². The molecule has 0 unspecified atom stereocenters. The number of carbonyl (C=O) groups excluding carboxylic acids is 1. The predicted molar refractivity (Wildman–Crippen MR) is 143 cm³/mol. The first-order valence-corrected chi connectivity index (χ1v) is 13.2. The molecule has 1 aliphatic heterocycles. The van der Waals surface area contributed by atoms with E-state index in [1.807, 2.05) is 0 Å². The molecule has 12 heteroatoms. The average Bonchev–Trinajstić information content (AvgIpc) is 3.41. The molecule has 37 heavy (non-hydrogen) atoms. The Morgan fingerprint density at radius 2 is 1.89 bits per heavy atom. The third-order valence-electron chi connectivity index (χ3n) is 5.27. The molecule has 5 nitrogen and oxygen atoms in total. The van der Waals surface area contributed by atoms with Crippen LogP contribution >= 0.6 is 46.9 Å². The highest BCUT2D eigenvalue weighted by Crippen LogP contribution is 2.39.